The van der Waals surface area contributed by atoms with Gasteiger partial charge >= 0.3 is 0 Å². The van der Waals surface area contributed by atoms with Gasteiger partial charge in [-0.15, -0.1) is 0 Å². The van der Waals surface area contributed by atoms with Gasteiger partial charge in [-0.05, 0) is 13.8 Å². The van der Waals surface area contributed by atoms with Gasteiger partial charge in [0, 0.05) is 14.2 Å². The van der Waals surface area contributed by atoms with Crippen molar-refractivity contribution in [1.29, 1.82) is 0 Å². The van der Waals surface area contributed by atoms with Crippen molar-refractivity contribution in [2.24, 2.45) is 0 Å². The zero-order valence-electron chi connectivity index (χ0n) is 13.7. The van der Waals surface area contributed by atoms with E-state index in [0.717, 1.165) is 4.90 Å². The molecule has 0 aliphatic heterocycles. The van der Waals surface area contributed by atoms with Crippen molar-refractivity contribution in [2.45, 2.75) is 19.6 Å². The molecule has 4 N–H and O–H groups in total. The summed E-state index contributed by atoms with van der Waals surface area (Å²) in [5.41, 5.74) is -0.925. The number of hydrogen-bond acceptors (Lipinski definition) is 11. The lowest BCUT2D eigenvalue weighted by atomic mass is 10.3. The average molecular weight is 332 g/mol. The molecule has 0 radical (unpaired) electrons. The van der Waals surface area contributed by atoms with Gasteiger partial charge in [0.25, 0.3) is 0 Å². The largest absolute Gasteiger partial charge is 0.376 e. The Bertz CT molecular complexity index is 499. The van der Waals surface area contributed by atoms with E-state index in [1.807, 2.05) is 0 Å². The average Bonchev–Trinajstić information content (AvgIpc) is 2.55. The van der Waals surface area contributed by atoms with E-state index in [-0.39, 0.29) is 24.6 Å². The quantitative estimate of drug-likeness (QED) is 0.377. The second-order valence-electron chi connectivity index (χ2n) is 5.12. The smallest absolute Gasteiger partial charge is 0.236 e. The van der Waals surface area contributed by atoms with Crippen LogP contribution < -0.4 is 14.7 Å². The summed E-state index contributed by atoms with van der Waals surface area (Å²) in [5, 5.41) is 37.4. The molecule has 0 aliphatic rings. The van der Waals surface area contributed by atoms with E-state index >= 15 is 0 Å². The molecule has 0 unspecified atom stereocenters. The lowest BCUT2D eigenvalue weighted by Crippen LogP contribution is -2.47. The fourth-order valence-corrected chi connectivity index (χ4v) is 1.60. The molecular weight excluding hydrogens is 308 g/mol. The van der Waals surface area contributed by atoms with E-state index in [2.05, 4.69) is 15.0 Å². The fourth-order valence-electron chi connectivity index (χ4n) is 1.60. The zero-order chi connectivity index (χ0) is 17.6. The van der Waals surface area contributed by atoms with Crippen LogP contribution in [0.3, 0.4) is 0 Å². The first kappa shape index (κ1) is 19.3. The highest BCUT2D eigenvalue weighted by Gasteiger charge is 2.30. The summed E-state index contributed by atoms with van der Waals surface area (Å²) in [6, 6.07) is 0. The molecule has 132 valence electrons. The minimum absolute atomic E-state index is 0.0133. The summed E-state index contributed by atoms with van der Waals surface area (Å²) < 4.78 is 5.31. The number of ether oxygens (including phenoxy) is 1. The molecule has 0 amide bonds. The van der Waals surface area contributed by atoms with Crippen molar-refractivity contribution in [3.8, 4) is 0 Å². The maximum Gasteiger partial charge on any atom is 0.236 e. The lowest BCUT2D eigenvalue weighted by Gasteiger charge is -2.36. The molecule has 0 spiro atoms. The lowest BCUT2D eigenvalue weighted by molar-refractivity contribution is 0.00439. The second kappa shape index (κ2) is 8.17. The Labute approximate surface area is 134 Å². The third-order valence-corrected chi connectivity index (χ3v) is 3.31. The topological polar surface area (TPSA) is 139 Å². The van der Waals surface area contributed by atoms with Crippen LogP contribution in [0.5, 0.6) is 0 Å². The summed E-state index contributed by atoms with van der Waals surface area (Å²) >= 11 is 0. The van der Waals surface area contributed by atoms with E-state index in [0.29, 0.717) is 0 Å². The highest BCUT2D eigenvalue weighted by Crippen LogP contribution is 2.24. The van der Waals surface area contributed by atoms with E-state index in [1.165, 1.54) is 16.9 Å². The van der Waals surface area contributed by atoms with Crippen LogP contribution in [0.4, 0.5) is 17.8 Å². The van der Waals surface area contributed by atoms with Gasteiger partial charge in [-0.25, -0.2) is 0 Å². The van der Waals surface area contributed by atoms with Crippen LogP contribution in [-0.4, -0.2) is 82.2 Å². The highest BCUT2D eigenvalue weighted by molar-refractivity contribution is 5.46. The van der Waals surface area contributed by atoms with Crippen LogP contribution >= 0.6 is 0 Å². The number of aliphatic hydroxyl groups is 4. The van der Waals surface area contributed by atoms with Crippen molar-refractivity contribution in [1.82, 2.24) is 15.0 Å². The van der Waals surface area contributed by atoms with Gasteiger partial charge in [-0.1, -0.05) is 0 Å². The molecule has 23 heavy (non-hydrogen) atoms. The molecule has 11 heteroatoms. The Hall–Kier alpha value is -1.79. The standard InChI is InChI=1S/C12H24N6O5/c1-12(2,23-4)18(8-22)11-14-9(16(3)5-19)13-10(15-11)17(6-20)7-21/h19-22H,5-8H2,1-4H3. The molecular formula is C12H24N6O5. The number of anilines is 3. The van der Waals surface area contributed by atoms with E-state index < -0.39 is 25.9 Å². The molecule has 0 saturated carbocycles. The Morgan fingerprint density at radius 3 is 1.83 bits per heavy atom. The Morgan fingerprint density at radius 1 is 0.870 bits per heavy atom. The highest BCUT2D eigenvalue weighted by atomic mass is 16.5. The Balaban J connectivity index is 3.42. The maximum atomic E-state index is 9.65. The second-order valence-corrected chi connectivity index (χ2v) is 5.12. The fraction of sp³-hybridized carbons (Fsp3) is 0.750. The molecule has 1 heterocycles. The summed E-state index contributed by atoms with van der Waals surface area (Å²) in [5.74, 6) is 0.150. The number of nitrogens with zero attached hydrogens (tertiary/aromatic N) is 6. The van der Waals surface area contributed by atoms with Gasteiger partial charge in [0.2, 0.25) is 17.8 Å². The van der Waals surface area contributed by atoms with Crippen molar-refractivity contribution in [2.75, 3.05) is 55.8 Å². The van der Waals surface area contributed by atoms with Gasteiger partial charge in [-0.2, -0.15) is 15.0 Å². The third-order valence-electron chi connectivity index (χ3n) is 3.31. The van der Waals surface area contributed by atoms with Gasteiger partial charge < -0.3 is 30.1 Å². The number of aliphatic hydroxyl groups excluding tert-OH is 4. The van der Waals surface area contributed by atoms with Crippen molar-refractivity contribution < 1.29 is 25.2 Å². The predicted molar refractivity (Wildman–Crippen MR) is 82.6 cm³/mol. The van der Waals surface area contributed by atoms with Gasteiger partial charge in [0.15, 0.2) is 0 Å². The van der Waals surface area contributed by atoms with Crippen LogP contribution in [0.25, 0.3) is 0 Å². The van der Waals surface area contributed by atoms with E-state index in [9.17, 15) is 20.4 Å². The van der Waals surface area contributed by atoms with Crippen LogP contribution in [-0.2, 0) is 4.74 Å². The van der Waals surface area contributed by atoms with Gasteiger partial charge in [0.1, 0.15) is 32.6 Å². The first-order chi connectivity index (χ1) is 10.8. The SMILES string of the molecule is COC(C)(C)N(CO)c1nc(N(C)CO)nc(N(CO)CO)n1. The van der Waals surface area contributed by atoms with Crippen LogP contribution in [0.2, 0.25) is 0 Å². The third kappa shape index (κ3) is 4.36. The molecule has 0 saturated heterocycles. The molecule has 0 atom stereocenters. The van der Waals surface area contributed by atoms with Crippen molar-refractivity contribution >= 4 is 17.8 Å². The minimum atomic E-state index is -0.925. The molecule has 0 aliphatic carbocycles. The molecule has 1 aromatic rings. The van der Waals surface area contributed by atoms with Gasteiger partial charge in [0.05, 0.1) is 0 Å². The summed E-state index contributed by atoms with van der Waals surface area (Å²) in [6.07, 6.45) is 0. The van der Waals surface area contributed by atoms with E-state index in [4.69, 9.17) is 4.74 Å². The molecule has 1 rings (SSSR count). The number of aromatic nitrogens is 3. The van der Waals surface area contributed by atoms with Crippen LogP contribution in [0.1, 0.15) is 13.8 Å². The zero-order valence-corrected chi connectivity index (χ0v) is 13.7. The molecule has 0 fully saturated rings. The Kier molecular flexibility index (Phi) is 6.84. The maximum absolute atomic E-state index is 9.65. The first-order valence-corrected chi connectivity index (χ1v) is 6.83. The Morgan fingerprint density at radius 2 is 1.39 bits per heavy atom. The minimum Gasteiger partial charge on any atom is -0.376 e. The molecule has 11 nitrogen and oxygen atoms in total. The summed E-state index contributed by atoms with van der Waals surface area (Å²) in [7, 11) is 3.02. The predicted octanol–water partition coefficient (Wildman–Crippen LogP) is -1.90. The first-order valence-electron chi connectivity index (χ1n) is 6.83. The number of rotatable bonds is 9. The normalized spacial score (nSPS) is 11.5. The molecule has 1 aromatic heterocycles. The summed E-state index contributed by atoms with van der Waals surface area (Å²) in [4.78, 5) is 16.2. The number of hydrogen-bond donors (Lipinski definition) is 4. The number of methoxy groups -OCH3 is 1. The molecule has 0 bridgehead atoms. The van der Waals surface area contributed by atoms with E-state index in [1.54, 1.807) is 20.9 Å². The summed E-state index contributed by atoms with van der Waals surface area (Å²) in [6.45, 7) is 1.58. The van der Waals surface area contributed by atoms with Crippen molar-refractivity contribution in [3.05, 3.63) is 0 Å². The monoisotopic (exact) mass is 332 g/mol. The van der Waals surface area contributed by atoms with Crippen LogP contribution in [0, 0.1) is 0 Å². The van der Waals surface area contributed by atoms with Crippen molar-refractivity contribution in [3.63, 3.8) is 0 Å². The molecule has 0 aromatic carbocycles. The van der Waals surface area contributed by atoms with Gasteiger partial charge in [-0.3, -0.25) is 9.80 Å². The van der Waals surface area contributed by atoms with Crippen LogP contribution in [0.15, 0.2) is 0 Å².